The van der Waals surface area contributed by atoms with Crippen molar-refractivity contribution < 1.29 is 19.5 Å². The molecule has 0 aromatic heterocycles. The first-order chi connectivity index (χ1) is 9.52. The molecule has 1 aliphatic rings. The molecule has 0 aliphatic carbocycles. The molecule has 1 amide bonds. The maximum Gasteiger partial charge on any atom is 0.257 e. The van der Waals surface area contributed by atoms with Crippen LogP contribution in [0.3, 0.4) is 0 Å². The van der Waals surface area contributed by atoms with Crippen molar-refractivity contribution in [3.63, 3.8) is 0 Å². The molecule has 0 bridgehead atoms. The monoisotopic (exact) mass is 281 g/mol. The SMILES string of the molecule is N/C(=N/O)C1CCCN(C(=O)c2ccc(F)cc2O)C1. The topological polar surface area (TPSA) is 99.2 Å². The van der Waals surface area contributed by atoms with Crippen molar-refractivity contribution in [2.75, 3.05) is 13.1 Å². The molecule has 1 atom stereocenters. The molecule has 1 aromatic carbocycles. The second-order valence-electron chi connectivity index (χ2n) is 4.78. The highest BCUT2D eigenvalue weighted by atomic mass is 19.1. The first kappa shape index (κ1) is 14.1. The van der Waals surface area contributed by atoms with E-state index >= 15 is 0 Å². The highest BCUT2D eigenvalue weighted by Crippen LogP contribution is 2.23. The number of hydrogen-bond donors (Lipinski definition) is 3. The molecule has 1 aliphatic heterocycles. The smallest absolute Gasteiger partial charge is 0.257 e. The van der Waals surface area contributed by atoms with Gasteiger partial charge in [-0.1, -0.05) is 5.16 Å². The quantitative estimate of drug-likeness (QED) is 0.327. The second-order valence-corrected chi connectivity index (χ2v) is 4.78. The third-order valence-electron chi connectivity index (χ3n) is 3.43. The summed E-state index contributed by atoms with van der Waals surface area (Å²) < 4.78 is 12.9. The number of halogens is 1. The Balaban J connectivity index is 2.16. The molecule has 2 rings (SSSR count). The Morgan fingerprint density at radius 2 is 2.25 bits per heavy atom. The number of piperidine rings is 1. The van der Waals surface area contributed by atoms with Crippen LogP contribution in [0.1, 0.15) is 23.2 Å². The van der Waals surface area contributed by atoms with Crippen molar-refractivity contribution in [3.8, 4) is 5.75 Å². The minimum atomic E-state index is -0.604. The first-order valence-electron chi connectivity index (χ1n) is 6.28. The van der Waals surface area contributed by atoms with Gasteiger partial charge in [-0.15, -0.1) is 0 Å². The van der Waals surface area contributed by atoms with Crippen LogP contribution in [0.4, 0.5) is 4.39 Å². The van der Waals surface area contributed by atoms with E-state index in [4.69, 9.17) is 10.9 Å². The number of carbonyl (C=O) groups excluding carboxylic acids is 1. The summed E-state index contributed by atoms with van der Waals surface area (Å²) in [4.78, 5) is 13.8. The fourth-order valence-electron chi connectivity index (χ4n) is 2.34. The van der Waals surface area contributed by atoms with Gasteiger partial charge in [-0.05, 0) is 25.0 Å². The van der Waals surface area contributed by atoms with E-state index in [0.29, 0.717) is 19.5 Å². The molecule has 6 nitrogen and oxygen atoms in total. The van der Waals surface area contributed by atoms with Crippen LogP contribution in [0, 0.1) is 11.7 Å². The van der Waals surface area contributed by atoms with Gasteiger partial charge in [0.15, 0.2) is 0 Å². The number of phenolic OH excluding ortho intramolecular Hbond substituents is 1. The number of nitrogens with zero attached hydrogens (tertiary/aromatic N) is 2. The van der Waals surface area contributed by atoms with E-state index in [1.54, 1.807) is 0 Å². The van der Waals surface area contributed by atoms with Crippen LogP contribution < -0.4 is 5.73 Å². The van der Waals surface area contributed by atoms with Crippen LogP contribution in [0.25, 0.3) is 0 Å². The van der Waals surface area contributed by atoms with E-state index in [0.717, 1.165) is 18.6 Å². The standard InChI is InChI=1S/C13H16FN3O3/c14-9-3-4-10(11(18)6-9)13(19)17-5-1-2-8(7-17)12(15)16-20/h3-4,6,8,18,20H,1-2,5,7H2,(H2,15,16). The van der Waals surface area contributed by atoms with E-state index in [2.05, 4.69) is 5.16 Å². The van der Waals surface area contributed by atoms with Crippen LogP contribution in [-0.2, 0) is 0 Å². The molecule has 108 valence electrons. The molecule has 1 heterocycles. The summed E-state index contributed by atoms with van der Waals surface area (Å²) in [6, 6.07) is 3.27. The number of benzene rings is 1. The minimum Gasteiger partial charge on any atom is -0.507 e. The molecule has 0 radical (unpaired) electrons. The summed E-state index contributed by atoms with van der Waals surface area (Å²) in [5, 5.41) is 21.3. The zero-order valence-corrected chi connectivity index (χ0v) is 10.8. The lowest BCUT2D eigenvalue weighted by Crippen LogP contribution is -2.44. The number of amidine groups is 1. The Morgan fingerprint density at radius 1 is 1.50 bits per heavy atom. The normalized spacial score (nSPS) is 19.9. The lowest BCUT2D eigenvalue weighted by atomic mass is 9.96. The molecular weight excluding hydrogens is 265 g/mol. The molecule has 7 heteroatoms. The van der Waals surface area contributed by atoms with Gasteiger partial charge >= 0.3 is 0 Å². The summed E-state index contributed by atoms with van der Waals surface area (Å²) in [7, 11) is 0. The number of hydrogen-bond acceptors (Lipinski definition) is 4. The molecule has 1 unspecified atom stereocenters. The molecule has 0 spiro atoms. The number of nitrogens with two attached hydrogens (primary N) is 1. The molecule has 0 saturated carbocycles. The number of amides is 1. The zero-order chi connectivity index (χ0) is 14.7. The van der Waals surface area contributed by atoms with Gasteiger partial charge < -0.3 is 20.9 Å². The first-order valence-corrected chi connectivity index (χ1v) is 6.28. The Morgan fingerprint density at radius 3 is 2.90 bits per heavy atom. The van der Waals surface area contributed by atoms with E-state index in [9.17, 15) is 14.3 Å². The summed E-state index contributed by atoms with van der Waals surface area (Å²) in [6.45, 7) is 0.830. The number of likely N-dealkylation sites (tertiary alicyclic amines) is 1. The average Bonchev–Trinajstić information content (AvgIpc) is 2.46. The Labute approximate surface area is 115 Å². The summed E-state index contributed by atoms with van der Waals surface area (Å²) in [6.07, 6.45) is 1.45. The Kier molecular flexibility index (Phi) is 4.07. The van der Waals surface area contributed by atoms with Crippen LogP contribution in [0.5, 0.6) is 5.75 Å². The molecule has 4 N–H and O–H groups in total. The van der Waals surface area contributed by atoms with Crippen LogP contribution in [0.15, 0.2) is 23.4 Å². The van der Waals surface area contributed by atoms with Crippen LogP contribution in [-0.4, -0.2) is 40.0 Å². The van der Waals surface area contributed by atoms with Gasteiger partial charge in [-0.2, -0.15) is 0 Å². The predicted molar refractivity (Wildman–Crippen MR) is 70.1 cm³/mol. The van der Waals surface area contributed by atoms with Crippen molar-refractivity contribution in [2.24, 2.45) is 16.8 Å². The number of carbonyl (C=O) groups is 1. The van der Waals surface area contributed by atoms with Gasteiger partial charge in [-0.25, -0.2) is 4.39 Å². The maximum atomic E-state index is 12.9. The number of rotatable bonds is 2. The summed E-state index contributed by atoms with van der Waals surface area (Å²) in [5.41, 5.74) is 5.61. The highest BCUT2D eigenvalue weighted by molar-refractivity contribution is 5.97. The third-order valence-corrected chi connectivity index (χ3v) is 3.43. The fraction of sp³-hybridized carbons (Fsp3) is 0.385. The summed E-state index contributed by atoms with van der Waals surface area (Å²) >= 11 is 0. The van der Waals surface area contributed by atoms with Gasteiger partial charge in [0.2, 0.25) is 0 Å². The van der Waals surface area contributed by atoms with Crippen molar-refractivity contribution in [2.45, 2.75) is 12.8 Å². The fourth-order valence-corrected chi connectivity index (χ4v) is 2.34. The van der Waals surface area contributed by atoms with Crippen LogP contribution in [0.2, 0.25) is 0 Å². The average molecular weight is 281 g/mol. The van der Waals surface area contributed by atoms with E-state index in [1.165, 1.54) is 11.0 Å². The van der Waals surface area contributed by atoms with Gasteiger partial charge in [0.25, 0.3) is 5.91 Å². The molecule has 1 saturated heterocycles. The Hall–Kier alpha value is -2.31. The van der Waals surface area contributed by atoms with Crippen molar-refractivity contribution in [3.05, 3.63) is 29.6 Å². The van der Waals surface area contributed by atoms with E-state index in [-0.39, 0.29) is 23.1 Å². The lowest BCUT2D eigenvalue weighted by Gasteiger charge is -2.32. The van der Waals surface area contributed by atoms with Crippen LogP contribution >= 0.6 is 0 Å². The summed E-state index contributed by atoms with van der Waals surface area (Å²) in [5.74, 6) is -1.50. The van der Waals surface area contributed by atoms with Gasteiger partial charge in [0, 0.05) is 25.1 Å². The van der Waals surface area contributed by atoms with Gasteiger partial charge in [0.05, 0.1) is 5.56 Å². The minimum absolute atomic E-state index is 0.0477. The highest BCUT2D eigenvalue weighted by Gasteiger charge is 2.28. The number of aromatic hydroxyl groups is 1. The van der Waals surface area contributed by atoms with Crippen molar-refractivity contribution >= 4 is 11.7 Å². The predicted octanol–water partition coefficient (Wildman–Crippen LogP) is 1.13. The molecule has 1 fully saturated rings. The molecule has 20 heavy (non-hydrogen) atoms. The van der Waals surface area contributed by atoms with E-state index < -0.39 is 11.7 Å². The van der Waals surface area contributed by atoms with E-state index in [1.807, 2.05) is 0 Å². The van der Waals surface area contributed by atoms with Crippen molar-refractivity contribution in [1.29, 1.82) is 0 Å². The maximum absolute atomic E-state index is 12.9. The number of phenols is 1. The lowest BCUT2D eigenvalue weighted by molar-refractivity contribution is 0.0698. The molecular formula is C13H16FN3O3. The largest absolute Gasteiger partial charge is 0.507 e. The zero-order valence-electron chi connectivity index (χ0n) is 10.8. The third kappa shape index (κ3) is 2.81. The van der Waals surface area contributed by atoms with Gasteiger partial charge in [-0.3, -0.25) is 4.79 Å². The van der Waals surface area contributed by atoms with Gasteiger partial charge in [0.1, 0.15) is 17.4 Å². The van der Waals surface area contributed by atoms with Crippen molar-refractivity contribution in [1.82, 2.24) is 4.90 Å². The second kappa shape index (κ2) is 5.77. The Bertz CT molecular complexity index is 548. The molecule has 1 aromatic rings. The number of oxime groups is 1.